The summed E-state index contributed by atoms with van der Waals surface area (Å²) < 4.78 is 5.02. The van der Waals surface area contributed by atoms with Gasteiger partial charge >= 0.3 is 0 Å². The molecule has 0 saturated carbocycles. The van der Waals surface area contributed by atoms with E-state index in [1.807, 2.05) is 24.3 Å². The lowest BCUT2D eigenvalue weighted by Crippen LogP contribution is -2.26. The summed E-state index contributed by atoms with van der Waals surface area (Å²) in [5.74, 6) is 0.266. The van der Waals surface area contributed by atoms with Gasteiger partial charge in [0, 0.05) is 20.3 Å². The fourth-order valence-corrected chi connectivity index (χ4v) is 2.91. The van der Waals surface area contributed by atoms with Crippen molar-refractivity contribution in [1.82, 2.24) is 15.3 Å². The minimum Gasteiger partial charge on any atom is -0.385 e. The Kier molecular flexibility index (Phi) is 6.50. The number of imidazole rings is 1. The van der Waals surface area contributed by atoms with Crippen LogP contribution in [0.25, 0.3) is 22.7 Å². The summed E-state index contributed by atoms with van der Waals surface area (Å²) in [6.07, 6.45) is 2.47. The van der Waals surface area contributed by atoms with Crippen LogP contribution < -0.4 is 5.32 Å². The number of nitrogens with zero attached hydrogens (tertiary/aromatic N) is 1. The number of halogens is 2. The van der Waals surface area contributed by atoms with E-state index in [2.05, 4.69) is 15.3 Å². The molecule has 1 amide bonds. The molecule has 140 valence electrons. The van der Waals surface area contributed by atoms with Crippen molar-refractivity contribution in [2.75, 3.05) is 20.3 Å². The van der Waals surface area contributed by atoms with Crippen molar-refractivity contribution in [2.24, 2.45) is 0 Å². The highest BCUT2D eigenvalue weighted by molar-refractivity contribution is 6.42. The van der Waals surface area contributed by atoms with Gasteiger partial charge in [0.15, 0.2) is 0 Å². The third-order valence-electron chi connectivity index (χ3n) is 3.95. The molecule has 0 saturated heterocycles. The fourth-order valence-electron chi connectivity index (χ4n) is 2.60. The smallest absolute Gasteiger partial charge is 0.255 e. The van der Waals surface area contributed by atoms with Crippen molar-refractivity contribution >= 4 is 51.8 Å². The molecule has 1 heterocycles. The highest BCUT2D eigenvalue weighted by Crippen LogP contribution is 2.26. The van der Waals surface area contributed by atoms with Crippen molar-refractivity contribution < 1.29 is 9.53 Å². The van der Waals surface area contributed by atoms with Gasteiger partial charge < -0.3 is 15.0 Å². The number of amides is 1. The van der Waals surface area contributed by atoms with Gasteiger partial charge in [-0.3, -0.25) is 4.79 Å². The molecule has 3 aromatic rings. The van der Waals surface area contributed by atoms with Gasteiger partial charge in [-0.25, -0.2) is 4.98 Å². The lowest BCUT2D eigenvalue weighted by atomic mass is 10.1. The first-order valence-electron chi connectivity index (χ1n) is 8.47. The van der Waals surface area contributed by atoms with E-state index in [1.165, 1.54) is 0 Å². The maximum Gasteiger partial charge on any atom is 0.255 e. The largest absolute Gasteiger partial charge is 0.385 e. The van der Waals surface area contributed by atoms with Gasteiger partial charge in [-0.1, -0.05) is 41.4 Å². The number of fused-ring (bicyclic) bond motifs is 1. The Hall–Kier alpha value is -2.34. The molecule has 0 bridgehead atoms. The average molecular weight is 404 g/mol. The Morgan fingerprint density at radius 3 is 2.78 bits per heavy atom. The molecule has 0 fully saturated rings. The number of methoxy groups -OCH3 is 1. The summed E-state index contributed by atoms with van der Waals surface area (Å²) in [4.78, 5) is 20.5. The van der Waals surface area contributed by atoms with Gasteiger partial charge in [-0.2, -0.15) is 0 Å². The number of aromatic amines is 1. The van der Waals surface area contributed by atoms with Crippen LogP contribution in [0.15, 0.2) is 42.5 Å². The monoisotopic (exact) mass is 403 g/mol. The van der Waals surface area contributed by atoms with E-state index in [4.69, 9.17) is 27.9 Å². The molecule has 3 rings (SSSR count). The van der Waals surface area contributed by atoms with Crippen LogP contribution in [0.1, 0.15) is 17.8 Å². The van der Waals surface area contributed by atoms with Crippen molar-refractivity contribution in [3.8, 4) is 0 Å². The molecule has 1 aromatic heterocycles. The molecular weight excluding hydrogens is 385 g/mol. The third-order valence-corrected chi connectivity index (χ3v) is 4.69. The van der Waals surface area contributed by atoms with Crippen molar-refractivity contribution in [3.63, 3.8) is 0 Å². The number of H-pyrrole nitrogens is 1. The second kappa shape index (κ2) is 9.04. The zero-order valence-electron chi connectivity index (χ0n) is 14.8. The molecule has 0 radical (unpaired) electrons. The summed E-state index contributed by atoms with van der Waals surface area (Å²) in [5.41, 5.74) is 2.83. The summed E-state index contributed by atoms with van der Waals surface area (Å²) in [5, 5.41) is 3.79. The Morgan fingerprint density at radius 2 is 2.04 bits per heavy atom. The molecular formula is C20H19Cl2N3O2. The van der Waals surface area contributed by atoms with Gasteiger partial charge in [-0.15, -0.1) is 0 Å². The second-order valence-electron chi connectivity index (χ2n) is 5.94. The molecule has 0 aliphatic heterocycles. The molecule has 0 aliphatic rings. The van der Waals surface area contributed by atoms with Gasteiger partial charge in [0.05, 0.1) is 26.7 Å². The molecule has 2 aromatic carbocycles. The maximum atomic E-state index is 12.8. The normalized spacial score (nSPS) is 11.7. The molecule has 0 unspecified atom stereocenters. The first kappa shape index (κ1) is 19.4. The molecule has 0 aliphatic carbocycles. The minimum absolute atomic E-state index is 0.226. The van der Waals surface area contributed by atoms with Crippen LogP contribution in [0.3, 0.4) is 0 Å². The second-order valence-corrected chi connectivity index (χ2v) is 6.75. The van der Waals surface area contributed by atoms with E-state index in [9.17, 15) is 4.79 Å². The SMILES string of the molecule is COCCCNC(=O)C(=Cc1ccc(Cl)c(Cl)c1)c1nc2ccccc2[nH]1. The van der Waals surface area contributed by atoms with E-state index in [-0.39, 0.29) is 5.91 Å². The average Bonchev–Trinajstić information content (AvgIpc) is 3.09. The van der Waals surface area contributed by atoms with E-state index >= 15 is 0 Å². The van der Waals surface area contributed by atoms with Crippen LogP contribution in [0.2, 0.25) is 10.0 Å². The van der Waals surface area contributed by atoms with E-state index in [0.717, 1.165) is 23.0 Å². The quantitative estimate of drug-likeness (QED) is 0.448. The van der Waals surface area contributed by atoms with Crippen LogP contribution in [0.5, 0.6) is 0 Å². The Balaban J connectivity index is 1.95. The van der Waals surface area contributed by atoms with Gasteiger partial charge in [0.2, 0.25) is 0 Å². The summed E-state index contributed by atoms with van der Waals surface area (Å²) in [6.45, 7) is 1.09. The van der Waals surface area contributed by atoms with E-state index in [0.29, 0.717) is 34.6 Å². The number of aromatic nitrogens is 2. The molecule has 5 nitrogen and oxygen atoms in total. The Morgan fingerprint density at radius 1 is 1.22 bits per heavy atom. The van der Waals surface area contributed by atoms with Crippen LogP contribution in [-0.4, -0.2) is 36.1 Å². The number of hydrogen-bond donors (Lipinski definition) is 2. The zero-order valence-corrected chi connectivity index (χ0v) is 16.3. The van der Waals surface area contributed by atoms with Crippen LogP contribution in [0.4, 0.5) is 0 Å². The van der Waals surface area contributed by atoms with Crippen LogP contribution >= 0.6 is 23.2 Å². The molecule has 27 heavy (non-hydrogen) atoms. The van der Waals surface area contributed by atoms with Gasteiger partial charge in [0.25, 0.3) is 5.91 Å². The standard InChI is InChI=1S/C20H19Cl2N3O2/c1-27-10-4-9-23-20(26)14(11-13-7-8-15(21)16(22)12-13)19-24-17-5-2-3-6-18(17)25-19/h2-3,5-8,11-12H,4,9-10H2,1H3,(H,23,26)(H,24,25). The number of rotatable bonds is 7. The number of carbonyl (C=O) groups is 1. The summed E-state index contributed by atoms with van der Waals surface area (Å²) >= 11 is 12.1. The van der Waals surface area contributed by atoms with Gasteiger partial charge in [0.1, 0.15) is 5.82 Å². The van der Waals surface area contributed by atoms with Gasteiger partial charge in [-0.05, 0) is 42.3 Å². The first-order valence-corrected chi connectivity index (χ1v) is 9.23. The van der Waals surface area contributed by atoms with E-state index < -0.39 is 0 Å². The number of carbonyl (C=O) groups excluding carboxylic acids is 1. The van der Waals surface area contributed by atoms with E-state index in [1.54, 1.807) is 31.4 Å². The third kappa shape index (κ3) is 4.89. The molecule has 0 spiro atoms. The van der Waals surface area contributed by atoms with Crippen molar-refractivity contribution in [2.45, 2.75) is 6.42 Å². The summed E-state index contributed by atoms with van der Waals surface area (Å²) in [6, 6.07) is 12.8. The number of hydrogen-bond acceptors (Lipinski definition) is 3. The Bertz CT molecular complexity index is 949. The summed E-state index contributed by atoms with van der Waals surface area (Å²) in [7, 11) is 1.63. The molecule has 2 N–H and O–H groups in total. The topological polar surface area (TPSA) is 67.0 Å². The van der Waals surface area contributed by atoms with Crippen LogP contribution in [-0.2, 0) is 9.53 Å². The Labute approximate surface area is 167 Å². The van der Waals surface area contributed by atoms with Crippen molar-refractivity contribution in [1.29, 1.82) is 0 Å². The fraction of sp³-hybridized carbons (Fsp3) is 0.200. The lowest BCUT2D eigenvalue weighted by Gasteiger charge is -2.08. The molecule has 0 atom stereocenters. The highest BCUT2D eigenvalue weighted by Gasteiger charge is 2.16. The number of ether oxygens (including phenoxy) is 1. The molecule has 7 heteroatoms. The maximum absolute atomic E-state index is 12.8. The minimum atomic E-state index is -0.226. The predicted octanol–water partition coefficient (Wildman–Crippen LogP) is 4.56. The first-order chi connectivity index (χ1) is 13.1. The lowest BCUT2D eigenvalue weighted by molar-refractivity contribution is -0.115. The highest BCUT2D eigenvalue weighted by atomic mass is 35.5. The predicted molar refractivity (Wildman–Crippen MR) is 110 cm³/mol. The number of nitrogens with one attached hydrogen (secondary N) is 2. The van der Waals surface area contributed by atoms with Crippen LogP contribution in [0, 0.1) is 0 Å². The zero-order chi connectivity index (χ0) is 19.2. The van der Waals surface area contributed by atoms with Crippen molar-refractivity contribution in [3.05, 3.63) is 63.9 Å². The number of para-hydroxylation sites is 2. The number of benzene rings is 2.